The smallest absolute Gasteiger partial charge is 0.407 e. The van der Waals surface area contributed by atoms with E-state index in [9.17, 15) is 9.59 Å². The fourth-order valence-electron chi connectivity index (χ4n) is 3.05. The number of hydrogen-bond donors (Lipinski definition) is 2. The highest BCUT2D eigenvalue weighted by Crippen LogP contribution is 2.22. The predicted molar refractivity (Wildman–Crippen MR) is 119 cm³/mol. The molecule has 1 atom stereocenters. The van der Waals surface area contributed by atoms with E-state index in [0.29, 0.717) is 5.69 Å². The van der Waals surface area contributed by atoms with Crippen LogP contribution in [0.15, 0.2) is 60.9 Å². The maximum atomic E-state index is 13.1. The SMILES string of the molecule is Cc1ccc(C(CNC(=O)OC(C)(C)C)C(=O)Nc2ccc3cnccc3c2)cc1. The summed E-state index contributed by atoms with van der Waals surface area (Å²) in [4.78, 5) is 29.3. The molecule has 0 fully saturated rings. The molecule has 30 heavy (non-hydrogen) atoms. The molecule has 1 unspecified atom stereocenters. The van der Waals surface area contributed by atoms with Crippen molar-refractivity contribution in [1.29, 1.82) is 0 Å². The average molecular weight is 405 g/mol. The summed E-state index contributed by atoms with van der Waals surface area (Å²) in [6.07, 6.45) is 2.94. The number of rotatable bonds is 5. The molecule has 0 saturated heterocycles. The highest BCUT2D eigenvalue weighted by atomic mass is 16.6. The monoisotopic (exact) mass is 405 g/mol. The van der Waals surface area contributed by atoms with Crippen LogP contribution in [0.2, 0.25) is 0 Å². The molecule has 1 aromatic heterocycles. The van der Waals surface area contributed by atoms with Gasteiger partial charge in [0.15, 0.2) is 0 Å². The molecule has 2 N–H and O–H groups in total. The van der Waals surface area contributed by atoms with Crippen molar-refractivity contribution < 1.29 is 14.3 Å². The van der Waals surface area contributed by atoms with Crippen molar-refractivity contribution in [3.63, 3.8) is 0 Å². The Bertz CT molecular complexity index is 1040. The van der Waals surface area contributed by atoms with Crippen LogP contribution in [-0.4, -0.2) is 29.1 Å². The molecule has 6 heteroatoms. The maximum absolute atomic E-state index is 13.1. The molecule has 2 aromatic carbocycles. The normalized spacial score (nSPS) is 12.3. The number of fused-ring (bicyclic) bond motifs is 1. The molecule has 2 amide bonds. The number of aromatic nitrogens is 1. The van der Waals surface area contributed by atoms with E-state index in [1.807, 2.05) is 55.5 Å². The van der Waals surface area contributed by atoms with Gasteiger partial charge in [-0.1, -0.05) is 35.9 Å². The molecule has 3 rings (SSSR count). The number of carbonyl (C=O) groups excluding carboxylic acids is 2. The van der Waals surface area contributed by atoms with Crippen LogP contribution in [0.1, 0.15) is 37.8 Å². The lowest BCUT2D eigenvalue weighted by Gasteiger charge is -2.22. The number of amides is 2. The summed E-state index contributed by atoms with van der Waals surface area (Å²) in [7, 11) is 0. The molecule has 156 valence electrons. The van der Waals surface area contributed by atoms with E-state index in [-0.39, 0.29) is 12.5 Å². The lowest BCUT2D eigenvalue weighted by atomic mass is 9.97. The van der Waals surface area contributed by atoms with Gasteiger partial charge in [-0.3, -0.25) is 9.78 Å². The average Bonchev–Trinajstić information content (AvgIpc) is 2.68. The van der Waals surface area contributed by atoms with Gasteiger partial charge in [-0.2, -0.15) is 0 Å². The fraction of sp³-hybridized carbons (Fsp3) is 0.292. The molecule has 6 nitrogen and oxygen atoms in total. The number of nitrogens with one attached hydrogen (secondary N) is 2. The van der Waals surface area contributed by atoms with Gasteiger partial charge in [-0.25, -0.2) is 4.79 Å². The zero-order valence-electron chi connectivity index (χ0n) is 17.7. The Labute approximate surface area is 176 Å². The van der Waals surface area contributed by atoms with Gasteiger partial charge in [0.1, 0.15) is 5.60 Å². The van der Waals surface area contributed by atoms with Crippen LogP contribution in [0.25, 0.3) is 10.8 Å². The third-order valence-electron chi connectivity index (χ3n) is 4.55. The zero-order chi connectivity index (χ0) is 21.7. The quantitative estimate of drug-likeness (QED) is 0.640. The van der Waals surface area contributed by atoms with Crippen LogP contribution in [0, 0.1) is 6.92 Å². The van der Waals surface area contributed by atoms with Crippen LogP contribution in [-0.2, 0) is 9.53 Å². The number of anilines is 1. The van der Waals surface area contributed by atoms with Gasteiger partial charge in [-0.15, -0.1) is 0 Å². The fourth-order valence-corrected chi connectivity index (χ4v) is 3.05. The van der Waals surface area contributed by atoms with Crippen molar-refractivity contribution in [2.75, 3.05) is 11.9 Å². The molecule has 1 heterocycles. The van der Waals surface area contributed by atoms with Crippen molar-refractivity contribution in [2.45, 2.75) is 39.2 Å². The second-order valence-corrected chi connectivity index (χ2v) is 8.27. The summed E-state index contributed by atoms with van der Waals surface area (Å²) in [5, 5.41) is 7.67. The molecule has 0 aliphatic heterocycles. The molecule has 3 aromatic rings. The lowest BCUT2D eigenvalue weighted by Crippen LogP contribution is -2.37. The van der Waals surface area contributed by atoms with Crippen LogP contribution in [0.3, 0.4) is 0 Å². The Hall–Kier alpha value is -3.41. The summed E-state index contributed by atoms with van der Waals surface area (Å²) in [6, 6.07) is 15.3. The zero-order valence-corrected chi connectivity index (χ0v) is 17.7. The molecule has 0 spiro atoms. The number of benzene rings is 2. The van der Waals surface area contributed by atoms with Crippen LogP contribution >= 0.6 is 0 Å². The Balaban J connectivity index is 1.78. The Morgan fingerprint density at radius 1 is 1.03 bits per heavy atom. The largest absolute Gasteiger partial charge is 0.444 e. The topological polar surface area (TPSA) is 80.3 Å². The van der Waals surface area contributed by atoms with E-state index < -0.39 is 17.6 Å². The van der Waals surface area contributed by atoms with Crippen molar-refractivity contribution in [3.05, 3.63) is 72.1 Å². The predicted octanol–water partition coefficient (Wildman–Crippen LogP) is 4.79. The van der Waals surface area contributed by atoms with Gasteiger partial charge < -0.3 is 15.4 Å². The minimum Gasteiger partial charge on any atom is -0.444 e. The highest BCUT2D eigenvalue weighted by molar-refractivity contribution is 5.98. The number of pyridine rings is 1. The first-order chi connectivity index (χ1) is 14.2. The summed E-state index contributed by atoms with van der Waals surface area (Å²) in [6.45, 7) is 7.51. The summed E-state index contributed by atoms with van der Waals surface area (Å²) < 4.78 is 5.30. The number of ether oxygens (including phenoxy) is 1. The van der Waals surface area contributed by atoms with E-state index in [4.69, 9.17) is 4.74 Å². The molecular formula is C24H27N3O3. The van der Waals surface area contributed by atoms with Gasteiger partial charge in [0, 0.05) is 30.0 Å². The van der Waals surface area contributed by atoms with Crippen LogP contribution in [0.5, 0.6) is 0 Å². The molecule has 0 aliphatic carbocycles. The van der Waals surface area contributed by atoms with Gasteiger partial charge in [0.05, 0.1) is 5.92 Å². The van der Waals surface area contributed by atoms with Gasteiger partial charge in [0.25, 0.3) is 0 Å². The van der Waals surface area contributed by atoms with E-state index in [2.05, 4.69) is 15.6 Å². The van der Waals surface area contributed by atoms with Gasteiger partial charge in [-0.05, 0) is 56.8 Å². The van der Waals surface area contributed by atoms with Crippen molar-refractivity contribution in [3.8, 4) is 0 Å². The Kier molecular flexibility index (Phi) is 6.35. The summed E-state index contributed by atoms with van der Waals surface area (Å²) in [5.41, 5.74) is 2.00. The van der Waals surface area contributed by atoms with E-state index in [1.165, 1.54) is 0 Å². The summed E-state index contributed by atoms with van der Waals surface area (Å²) >= 11 is 0. The minimum atomic E-state index is -0.606. The maximum Gasteiger partial charge on any atom is 0.407 e. The first-order valence-electron chi connectivity index (χ1n) is 9.89. The number of aryl methyl sites for hydroxylation is 1. The minimum absolute atomic E-state index is 0.126. The second kappa shape index (κ2) is 8.95. The standard InChI is InChI=1S/C24H27N3O3/c1-16-5-7-17(8-6-16)21(15-26-23(29)30-24(2,3)4)22(28)27-20-10-9-19-14-25-12-11-18(19)13-20/h5-14,21H,15H2,1-4H3,(H,26,29)(H,27,28). The number of hydrogen-bond acceptors (Lipinski definition) is 4. The first kappa shape index (κ1) is 21.3. The van der Waals surface area contributed by atoms with Gasteiger partial charge >= 0.3 is 6.09 Å². The van der Waals surface area contributed by atoms with Crippen LogP contribution < -0.4 is 10.6 Å². The van der Waals surface area contributed by atoms with E-state index in [1.54, 1.807) is 33.2 Å². The summed E-state index contributed by atoms with van der Waals surface area (Å²) in [5.74, 6) is -0.769. The van der Waals surface area contributed by atoms with Crippen molar-refractivity contribution in [1.82, 2.24) is 10.3 Å². The van der Waals surface area contributed by atoms with E-state index in [0.717, 1.165) is 21.9 Å². The molecule has 0 bridgehead atoms. The molecule has 0 radical (unpaired) electrons. The third kappa shape index (κ3) is 5.80. The Morgan fingerprint density at radius 3 is 2.47 bits per heavy atom. The van der Waals surface area contributed by atoms with E-state index >= 15 is 0 Å². The molecular weight excluding hydrogens is 378 g/mol. The number of carbonyl (C=O) groups is 2. The first-order valence-corrected chi connectivity index (χ1v) is 9.89. The molecule has 0 saturated carbocycles. The van der Waals surface area contributed by atoms with Crippen molar-refractivity contribution >= 4 is 28.5 Å². The number of alkyl carbamates (subject to hydrolysis) is 1. The second-order valence-electron chi connectivity index (χ2n) is 8.27. The van der Waals surface area contributed by atoms with Crippen molar-refractivity contribution in [2.24, 2.45) is 0 Å². The molecule has 0 aliphatic rings. The Morgan fingerprint density at radius 2 is 1.77 bits per heavy atom. The van der Waals surface area contributed by atoms with Crippen LogP contribution in [0.4, 0.5) is 10.5 Å². The van der Waals surface area contributed by atoms with Gasteiger partial charge in [0.2, 0.25) is 5.91 Å². The number of nitrogens with zero attached hydrogens (tertiary/aromatic N) is 1. The highest BCUT2D eigenvalue weighted by Gasteiger charge is 2.23. The third-order valence-corrected chi connectivity index (χ3v) is 4.55. The lowest BCUT2D eigenvalue weighted by molar-refractivity contribution is -0.117.